The summed E-state index contributed by atoms with van der Waals surface area (Å²) in [7, 11) is 3.19. The van der Waals surface area contributed by atoms with E-state index in [0.717, 1.165) is 6.07 Å². The first kappa shape index (κ1) is 17.0. The average Bonchev–Trinajstić information content (AvgIpc) is 2.41. The number of amides is 2. The van der Waals surface area contributed by atoms with Gasteiger partial charge >= 0.3 is 0 Å². The molecule has 21 heavy (non-hydrogen) atoms. The number of likely N-dealkylation sites (N-methyl/N-ethyl adjacent to an activating group) is 1. The van der Waals surface area contributed by atoms with Crippen LogP contribution < -0.4 is 10.6 Å². The van der Waals surface area contributed by atoms with Crippen molar-refractivity contribution < 1.29 is 23.7 Å². The summed E-state index contributed by atoms with van der Waals surface area (Å²) < 4.78 is 26.4. The van der Waals surface area contributed by atoms with Gasteiger partial charge in [-0.05, 0) is 19.1 Å². The molecule has 5 nitrogen and oxygen atoms in total. The molecule has 0 heterocycles. The first-order valence-corrected chi connectivity index (χ1v) is 6.56. The Morgan fingerprint density at radius 3 is 2.57 bits per heavy atom. The average molecular weight is 300 g/mol. The lowest BCUT2D eigenvalue weighted by Gasteiger charge is -2.13. The molecule has 0 aromatic heterocycles. The molecular weight excluding hydrogens is 280 g/mol. The van der Waals surface area contributed by atoms with Gasteiger partial charge in [-0.2, -0.15) is 0 Å². The zero-order chi connectivity index (χ0) is 16.0. The Morgan fingerprint density at radius 2 is 2.00 bits per heavy atom. The summed E-state index contributed by atoms with van der Waals surface area (Å²) in [4.78, 5) is 24.3. The highest BCUT2D eigenvalue weighted by Gasteiger charge is 2.16. The number of rotatable bonds is 6. The van der Waals surface area contributed by atoms with Crippen molar-refractivity contribution in [2.24, 2.45) is 0 Å². The van der Waals surface area contributed by atoms with Crippen LogP contribution in [-0.4, -0.2) is 43.9 Å². The molecule has 116 valence electrons. The van der Waals surface area contributed by atoms with E-state index in [1.54, 1.807) is 26.3 Å². The molecule has 0 bridgehead atoms. The van der Waals surface area contributed by atoms with Crippen LogP contribution in [0.2, 0.25) is 0 Å². The molecule has 1 rings (SSSR count). The van der Waals surface area contributed by atoms with Crippen molar-refractivity contribution in [2.45, 2.75) is 13.0 Å². The van der Waals surface area contributed by atoms with Crippen LogP contribution in [0.15, 0.2) is 18.2 Å². The first-order valence-electron chi connectivity index (χ1n) is 6.56. The van der Waals surface area contributed by atoms with E-state index in [9.17, 15) is 18.4 Å². The molecule has 0 fully saturated rings. The number of nitrogens with zero attached hydrogens (tertiary/aromatic N) is 1. The van der Waals surface area contributed by atoms with Crippen molar-refractivity contribution in [2.75, 3.05) is 27.2 Å². The fraction of sp³-hybridized carbons (Fsp3) is 0.429. The minimum atomic E-state index is -0.637. The predicted octanol–water partition coefficient (Wildman–Crippen LogP) is -0.206. The Kier molecular flexibility index (Phi) is 6.23. The number of nitrogens with two attached hydrogens (primary N) is 1. The monoisotopic (exact) mass is 300 g/mol. The largest absolute Gasteiger partial charge is 0.347 e. The van der Waals surface area contributed by atoms with E-state index in [4.69, 9.17) is 0 Å². The molecule has 0 unspecified atom stereocenters. The fourth-order valence-electron chi connectivity index (χ4n) is 1.69. The molecule has 7 heteroatoms. The van der Waals surface area contributed by atoms with E-state index in [1.165, 1.54) is 17.0 Å². The van der Waals surface area contributed by atoms with Crippen molar-refractivity contribution >= 4 is 11.8 Å². The van der Waals surface area contributed by atoms with Gasteiger partial charge in [0.25, 0.3) is 5.91 Å². The Morgan fingerprint density at radius 1 is 1.33 bits per heavy atom. The van der Waals surface area contributed by atoms with Gasteiger partial charge in [0, 0.05) is 25.7 Å². The number of quaternary nitrogens is 1. The van der Waals surface area contributed by atoms with E-state index in [1.807, 2.05) is 0 Å². The molecule has 0 aliphatic heterocycles. The van der Waals surface area contributed by atoms with Crippen molar-refractivity contribution in [3.8, 4) is 0 Å². The van der Waals surface area contributed by atoms with Gasteiger partial charge in [-0.25, -0.2) is 8.78 Å². The molecule has 3 N–H and O–H groups in total. The molecule has 0 spiro atoms. The smallest absolute Gasteiger partial charge is 0.275 e. The third-order valence-corrected chi connectivity index (χ3v) is 3.05. The maximum atomic E-state index is 13.6. The van der Waals surface area contributed by atoms with E-state index in [2.05, 4.69) is 5.32 Å². The summed E-state index contributed by atoms with van der Waals surface area (Å²) in [6, 6.07) is 3.02. The second kappa shape index (κ2) is 7.68. The van der Waals surface area contributed by atoms with Gasteiger partial charge in [0.15, 0.2) is 6.54 Å². The highest BCUT2D eigenvalue weighted by Crippen LogP contribution is 2.14. The van der Waals surface area contributed by atoms with Crippen LogP contribution in [0.4, 0.5) is 8.78 Å². The third kappa shape index (κ3) is 5.47. The van der Waals surface area contributed by atoms with Crippen LogP contribution in [0.25, 0.3) is 0 Å². The van der Waals surface area contributed by atoms with Gasteiger partial charge in [0.1, 0.15) is 17.7 Å². The summed E-state index contributed by atoms with van der Waals surface area (Å²) in [5.41, 5.74) is 0.327. The quantitative estimate of drug-likeness (QED) is 0.764. The minimum absolute atomic E-state index is 0.0543. The maximum absolute atomic E-state index is 13.6. The van der Waals surface area contributed by atoms with Crippen molar-refractivity contribution in [3.05, 3.63) is 35.4 Å². The van der Waals surface area contributed by atoms with Crippen LogP contribution in [0.5, 0.6) is 0 Å². The minimum Gasteiger partial charge on any atom is -0.347 e. The highest BCUT2D eigenvalue weighted by molar-refractivity contribution is 5.84. The van der Waals surface area contributed by atoms with Crippen LogP contribution >= 0.6 is 0 Å². The Bertz CT molecular complexity index is 521. The number of hydrogen-bond donors (Lipinski definition) is 2. The lowest BCUT2D eigenvalue weighted by Crippen LogP contribution is -2.87. The molecule has 0 saturated carbocycles. The van der Waals surface area contributed by atoms with Gasteiger partial charge < -0.3 is 15.5 Å². The zero-order valence-corrected chi connectivity index (χ0v) is 12.3. The molecule has 1 aromatic rings. The molecule has 1 aromatic carbocycles. The lowest BCUT2D eigenvalue weighted by atomic mass is 10.1. The van der Waals surface area contributed by atoms with Crippen molar-refractivity contribution in [1.82, 2.24) is 10.2 Å². The molecule has 2 amide bonds. The summed E-state index contributed by atoms with van der Waals surface area (Å²) in [6.45, 7) is 1.70. The van der Waals surface area contributed by atoms with Gasteiger partial charge in [-0.3, -0.25) is 9.59 Å². The Balaban J connectivity index is 2.44. The summed E-state index contributed by atoms with van der Waals surface area (Å²) >= 11 is 0. The fourth-order valence-corrected chi connectivity index (χ4v) is 1.69. The predicted molar refractivity (Wildman–Crippen MR) is 73.3 cm³/mol. The summed E-state index contributed by atoms with van der Waals surface area (Å²) in [5, 5.41) is 4.10. The van der Waals surface area contributed by atoms with Gasteiger partial charge in [-0.15, -0.1) is 0 Å². The molecule has 0 saturated heterocycles. The number of hydrogen-bond acceptors (Lipinski definition) is 2. The lowest BCUT2D eigenvalue weighted by molar-refractivity contribution is -0.682. The van der Waals surface area contributed by atoms with Gasteiger partial charge in [0.2, 0.25) is 5.91 Å². The number of carbonyl (C=O) groups is 2. The van der Waals surface area contributed by atoms with Crippen molar-refractivity contribution in [1.29, 1.82) is 0 Å². The number of nitrogens with one attached hydrogen (secondary N) is 1. The first-order chi connectivity index (χ1) is 9.81. The van der Waals surface area contributed by atoms with Crippen LogP contribution in [0.3, 0.4) is 0 Å². The molecule has 0 aliphatic carbocycles. The second-order valence-electron chi connectivity index (χ2n) is 4.96. The molecule has 0 radical (unpaired) electrons. The summed E-state index contributed by atoms with van der Waals surface area (Å²) in [5.74, 6) is -1.80. The van der Waals surface area contributed by atoms with E-state index in [-0.39, 0.29) is 30.9 Å². The number of benzene rings is 1. The second-order valence-corrected chi connectivity index (χ2v) is 4.96. The van der Waals surface area contributed by atoms with Gasteiger partial charge in [-0.1, -0.05) is 0 Å². The number of halogens is 2. The highest BCUT2D eigenvalue weighted by atomic mass is 19.1. The SMILES string of the molecule is C[C@H]([NH2+]CC(=O)NCC(=O)N(C)C)c1ccc(F)cc1F. The van der Waals surface area contributed by atoms with E-state index in [0.29, 0.717) is 5.56 Å². The maximum Gasteiger partial charge on any atom is 0.275 e. The molecule has 0 aliphatic rings. The Hall–Kier alpha value is -2.02. The van der Waals surface area contributed by atoms with Gasteiger partial charge in [0.05, 0.1) is 6.54 Å². The van der Waals surface area contributed by atoms with Crippen LogP contribution in [0.1, 0.15) is 18.5 Å². The number of carbonyl (C=O) groups excluding carboxylic acids is 2. The summed E-state index contributed by atoms with van der Waals surface area (Å²) in [6.07, 6.45) is 0. The van der Waals surface area contributed by atoms with Crippen LogP contribution in [0, 0.1) is 11.6 Å². The van der Waals surface area contributed by atoms with E-state index < -0.39 is 11.6 Å². The normalized spacial score (nSPS) is 11.9. The van der Waals surface area contributed by atoms with Crippen molar-refractivity contribution in [3.63, 3.8) is 0 Å². The van der Waals surface area contributed by atoms with E-state index >= 15 is 0 Å². The third-order valence-electron chi connectivity index (χ3n) is 3.05. The molecular formula is C14H20F2N3O2+. The topological polar surface area (TPSA) is 66.0 Å². The van der Waals surface area contributed by atoms with Crippen LogP contribution in [-0.2, 0) is 9.59 Å². The molecule has 1 atom stereocenters. The Labute approximate surface area is 122 Å². The zero-order valence-electron chi connectivity index (χ0n) is 12.3. The standard InChI is InChI=1S/C14H19F2N3O2/c1-9(11-5-4-10(15)6-12(11)16)17-7-13(20)18-8-14(21)19(2)3/h4-6,9,17H,7-8H2,1-3H3,(H,18,20)/p+1/t9-/m0/s1.